The van der Waals surface area contributed by atoms with Gasteiger partial charge in [-0.1, -0.05) is 18.6 Å². The monoisotopic (exact) mass is 481 g/mol. The third kappa shape index (κ3) is 5.48. The number of halogens is 1. The quantitative estimate of drug-likeness (QED) is 0.497. The van der Waals surface area contributed by atoms with Crippen molar-refractivity contribution in [2.75, 3.05) is 13.1 Å². The van der Waals surface area contributed by atoms with E-state index in [1.165, 1.54) is 36.1 Å². The van der Waals surface area contributed by atoms with Gasteiger partial charge in [0.15, 0.2) is 0 Å². The van der Waals surface area contributed by atoms with Gasteiger partial charge in [-0.05, 0) is 64.7 Å². The minimum atomic E-state index is -0.277. The van der Waals surface area contributed by atoms with Crippen molar-refractivity contribution in [3.63, 3.8) is 0 Å². The Labute approximate surface area is 205 Å². The molecule has 188 valence electrons. The van der Waals surface area contributed by atoms with Crippen LogP contribution in [0.2, 0.25) is 0 Å². The molecule has 1 aliphatic heterocycles. The maximum absolute atomic E-state index is 13.3. The number of aryl methyl sites for hydroxylation is 2. The van der Waals surface area contributed by atoms with Crippen LogP contribution in [0.1, 0.15) is 56.5 Å². The number of hydrogen-bond donors (Lipinski definition) is 1. The number of rotatable bonds is 8. The molecule has 0 saturated carbocycles. The van der Waals surface area contributed by atoms with Gasteiger partial charge >= 0.3 is 0 Å². The van der Waals surface area contributed by atoms with Gasteiger partial charge in [-0.15, -0.1) is 0 Å². The van der Waals surface area contributed by atoms with Crippen molar-refractivity contribution in [3.8, 4) is 0 Å². The summed E-state index contributed by atoms with van der Waals surface area (Å²) < 4.78 is 16.5. The average Bonchev–Trinajstić information content (AvgIpc) is 3.06. The van der Waals surface area contributed by atoms with Gasteiger partial charge in [-0.2, -0.15) is 5.10 Å². The largest absolute Gasteiger partial charge is 0.354 e. The van der Waals surface area contributed by atoms with Crippen LogP contribution in [0, 0.1) is 19.7 Å². The predicted octanol–water partition coefficient (Wildman–Crippen LogP) is 3.77. The first kappa shape index (κ1) is 25.1. The zero-order valence-corrected chi connectivity index (χ0v) is 21.2. The number of carbonyl (C=O) groups excluding carboxylic acids is 1. The molecule has 0 aliphatic carbocycles. The van der Waals surface area contributed by atoms with Gasteiger partial charge < -0.3 is 9.88 Å². The first-order valence-electron chi connectivity index (χ1n) is 12.6. The number of amides is 1. The van der Waals surface area contributed by atoms with Crippen molar-refractivity contribution in [1.29, 1.82) is 0 Å². The summed E-state index contributed by atoms with van der Waals surface area (Å²) in [6.45, 7) is 10.4. The smallest absolute Gasteiger partial charge is 0.276 e. The molecular weight excluding hydrogens is 445 g/mol. The number of nitrogens with zero attached hydrogens (tertiary/aromatic N) is 4. The Balaban J connectivity index is 1.41. The van der Waals surface area contributed by atoms with Gasteiger partial charge in [-0.25, -0.2) is 9.07 Å². The Morgan fingerprint density at radius 3 is 2.49 bits per heavy atom. The highest BCUT2D eigenvalue weighted by Crippen LogP contribution is 2.24. The average molecular weight is 482 g/mol. The van der Waals surface area contributed by atoms with Crippen LogP contribution in [0.4, 0.5) is 4.39 Å². The summed E-state index contributed by atoms with van der Waals surface area (Å²) in [6, 6.07) is 7.53. The maximum atomic E-state index is 13.3. The lowest BCUT2D eigenvalue weighted by Crippen LogP contribution is -2.45. The van der Waals surface area contributed by atoms with E-state index in [9.17, 15) is 14.0 Å². The van der Waals surface area contributed by atoms with Crippen molar-refractivity contribution in [3.05, 3.63) is 63.6 Å². The summed E-state index contributed by atoms with van der Waals surface area (Å²) in [5.41, 5.74) is 2.41. The third-order valence-electron chi connectivity index (χ3n) is 7.44. The summed E-state index contributed by atoms with van der Waals surface area (Å²) in [5.74, 6) is -0.486. The van der Waals surface area contributed by atoms with E-state index in [1.54, 1.807) is 18.3 Å². The van der Waals surface area contributed by atoms with Gasteiger partial charge in [0.1, 0.15) is 12.4 Å². The standard InChI is InChI=1S/C27H36FN5O2/c1-18-7-5-8-19(2)31(18)14-6-13-29-25(34)17-33-27(35)26-21(4)32(20(3)24(26)15-30-33)16-22-9-11-23(28)12-10-22/h9-12,15,18-19H,5-8,13-14,16-17H2,1-4H3,(H,29,34). The molecular formula is C27H36FN5O2. The van der Waals surface area contributed by atoms with Crippen LogP contribution in [-0.4, -0.2) is 50.3 Å². The highest BCUT2D eigenvalue weighted by Gasteiger charge is 2.24. The Kier molecular flexibility index (Phi) is 7.69. The zero-order chi connectivity index (χ0) is 25.1. The molecule has 4 rings (SSSR count). The van der Waals surface area contributed by atoms with Gasteiger partial charge in [0, 0.05) is 48.5 Å². The summed E-state index contributed by atoms with van der Waals surface area (Å²) in [7, 11) is 0. The van der Waals surface area contributed by atoms with Gasteiger partial charge in [0.25, 0.3) is 5.56 Å². The third-order valence-corrected chi connectivity index (χ3v) is 7.44. The SMILES string of the molecule is Cc1c2cnn(CC(=O)NCCCN3C(C)CCCC3C)c(=O)c2c(C)n1Cc1ccc(F)cc1. The second kappa shape index (κ2) is 10.7. The van der Waals surface area contributed by atoms with Crippen molar-refractivity contribution in [1.82, 2.24) is 24.6 Å². The minimum Gasteiger partial charge on any atom is -0.354 e. The lowest BCUT2D eigenvalue weighted by Gasteiger charge is -2.39. The minimum absolute atomic E-state index is 0.104. The van der Waals surface area contributed by atoms with Crippen molar-refractivity contribution >= 4 is 16.7 Å². The molecule has 3 heterocycles. The molecule has 1 aromatic carbocycles. The Bertz CT molecular complexity index is 1240. The van der Waals surface area contributed by atoms with E-state index in [0.29, 0.717) is 30.6 Å². The highest BCUT2D eigenvalue weighted by molar-refractivity contribution is 5.87. The molecule has 8 heteroatoms. The predicted molar refractivity (Wildman–Crippen MR) is 136 cm³/mol. The topological polar surface area (TPSA) is 72.2 Å². The number of carbonyl (C=O) groups is 1. The van der Waals surface area contributed by atoms with Gasteiger partial charge in [0.05, 0.1) is 11.6 Å². The van der Waals surface area contributed by atoms with Crippen LogP contribution >= 0.6 is 0 Å². The van der Waals surface area contributed by atoms with Crippen molar-refractivity contribution in [2.24, 2.45) is 0 Å². The van der Waals surface area contributed by atoms with E-state index in [2.05, 4.69) is 29.2 Å². The Morgan fingerprint density at radius 2 is 1.80 bits per heavy atom. The molecule has 2 unspecified atom stereocenters. The second-order valence-corrected chi connectivity index (χ2v) is 9.85. The fourth-order valence-electron chi connectivity index (χ4n) is 5.36. The lowest BCUT2D eigenvalue weighted by atomic mass is 9.97. The highest BCUT2D eigenvalue weighted by atomic mass is 19.1. The summed E-state index contributed by atoms with van der Waals surface area (Å²) >= 11 is 0. The number of fused-ring (bicyclic) bond motifs is 1. The van der Waals surface area contributed by atoms with E-state index < -0.39 is 0 Å². The molecule has 1 amide bonds. The van der Waals surface area contributed by atoms with E-state index in [-0.39, 0.29) is 23.8 Å². The Hall–Kier alpha value is -3.00. The van der Waals surface area contributed by atoms with E-state index >= 15 is 0 Å². The number of likely N-dealkylation sites (tertiary alicyclic amines) is 1. The number of benzene rings is 1. The van der Waals surface area contributed by atoms with E-state index in [0.717, 1.165) is 35.3 Å². The summed E-state index contributed by atoms with van der Waals surface area (Å²) in [6.07, 6.45) is 6.30. The summed E-state index contributed by atoms with van der Waals surface area (Å²) in [5, 5.41) is 8.56. The van der Waals surface area contributed by atoms with E-state index in [1.807, 2.05) is 18.4 Å². The number of nitrogens with one attached hydrogen (secondary N) is 1. The Morgan fingerprint density at radius 1 is 1.11 bits per heavy atom. The maximum Gasteiger partial charge on any atom is 0.276 e. The van der Waals surface area contributed by atoms with E-state index in [4.69, 9.17) is 0 Å². The molecule has 1 aliphatic rings. The molecule has 0 spiro atoms. The van der Waals surface area contributed by atoms with Crippen molar-refractivity contribution in [2.45, 2.75) is 78.6 Å². The summed E-state index contributed by atoms with van der Waals surface area (Å²) in [4.78, 5) is 28.3. The molecule has 2 aromatic heterocycles. The number of aromatic nitrogens is 3. The lowest BCUT2D eigenvalue weighted by molar-refractivity contribution is -0.121. The zero-order valence-electron chi connectivity index (χ0n) is 21.2. The molecule has 3 aromatic rings. The second-order valence-electron chi connectivity index (χ2n) is 9.85. The van der Waals surface area contributed by atoms with Crippen LogP contribution in [0.3, 0.4) is 0 Å². The molecule has 1 N–H and O–H groups in total. The first-order valence-corrected chi connectivity index (χ1v) is 12.6. The van der Waals surface area contributed by atoms with Crippen LogP contribution in [0.5, 0.6) is 0 Å². The number of hydrogen-bond acceptors (Lipinski definition) is 4. The molecule has 35 heavy (non-hydrogen) atoms. The molecule has 2 atom stereocenters. The molecule has 7 nitrogen and oxygen atoms in total. The van der Waals surface area contributed by atoms with Crippen LogP contribution in [-0.2, 0) is 17.9 Å². The number of piperidine rings is 1. The molecule has 0 bridgehead atoms. The normalized spacial score (nSPS) is 18.8. The first-order chi connectivity index (χ1) is 16.8. The van der Waals surface area contributed by atoms with Crippen molar-refractivity contribution < 1.29 is 9.18 Å². The van der Waals surface area contributed by atoms with Gasteiger partial charge in [0.2, 0.25) is 5.91 Å². The van der Waals surface area contributed by atoms with Crippen LogP contribution in [0.15, 0.2) is 35.3 Å². The van der Waals surface area contributed by atoms with Crippen LogP contribution < -0.4 is 10.9 Å². The fraction of sp³-hybridized carbons (Fsp3) is 0.519. The van der Waals surface area contributed by atoms with Gasteiger partial charge in [-0.3, -0.25) is 14.5 Å². The molecule has 0 radical (unpaired) electrons. The van der Waals surface area contributed by atoms with Crippen LogP contribution in [0.25, 0.3) is 10.8 Å². The molecule has 1 saturated heterocycles. The molecule has 1 fully saturated rings. The fourth-order valence-corrected chi connectivity index (χ4v) is 5.36.